The molecule has 0 amide bonds. The molecule has 0 aliphatic heterocycles. The van der Waals surface area contributed by atoms with E-state index in [1.165, 1.54) is 22.2 Å². The predicted molar refractivity (Wildman–Crippen MR) is 115 cm³/mol. The van der Waals surface area contributed by atoms with Crippen LogP contribution in [-0.4, -0.2) is 31.4 Å². The monoisotopic (exact) mass is 361 g/mol. The Morgan fingerprint density at radius 3 is 2.00 bits per heavy atom. The third-order valence-electron chi connectivity index (χ3n) is 4.32. The highest BCUT2D eigenvalue weighted by Gasteiger charge is 2.40. The van der Waals surface area contributed by atoms with E-state index in [0.717, 1.165) is 6.42 Å². The van der Waals surface area contributed by atoms with Crippen molar-refractivity contribution in [1.29, 1.82) is 0 Å². The van der Waals surface area contributed by atoms with Gasteiger partial charge in [0.1, 0.15) is 0 Å². The molecule has 5 radical (unpaired) electrons. The van der Waals surface area contributed by atoms with Gasteiger partial charge in [-0.15, -0.1) is 0 Å². The van der Waals surface area contributed by atoms with Crippen LogP contribution in [0.1, 0.15) is 13.3 Å². The van der Waals surface area contributed by atoms with Crippen LogP contribution in [0.4, 0.5) is 0 Å². The summed E-state index contributed by atoms with van der Waals surface area (Å²) in [5.74, 6) is 1.35. The van der Waals surface area contributed by atoms with Crippen molar-refractivity contribution >= 4 is 24.9 Å². The summed E-state index contributed by atoms with van der Waals surface area (Å²) in [5.41, 5.74) is 1.42. The van der Waals surface area contributed by atoms with E-state index in [1.54, 1.807) is 0 Å². The maximum atomic E-state index is 4.83. The van der Waals surface area contributed by atoms with E-state index in [0.29, 0.717) is 0 Å². The molecule has 26 heavy (non-hydrogen) atoms. The first kappa shape index (κ1) is 19.1. The second kappa shape index (κ2) is 9.33. The molecule has 0 N–H and O–H groups in total. The van der Waals surface area contributed by atoms with Gasteiger partial charge in [-0.05, 0) is 44.2 Å². The SMILES string of the molecule is CC[C@@H](N=CN(C)C)[C]1[CH][CH][CH][C]1P(c1ccccc1)c1ccccc1. The fraction of sp³-hybridized carbons (Fsp3) is 0.217. The Labute approximate surface area is 160 Å². The van der Waals surface area contributed by atoms with E-state index in [9.17, 15) is 0 Å². The summed E-state index contributed by atoms with van der Waals surface area (Å²) in [7, 11) is 3.45. The molecule has 3 heteroatoms. The molecule has 0 heterocycles. The number of benzene rings is 2. The van der Waals surface area contributed by atoms with Gasteiger partial charge in [0.25, 0.3) is 0 Å². The number of rotatable bonds is 7. The van der Waals surface area contributed by atoms with Crippen molar-refractivity contribution in [3.05, 3.63) is 91.5 Å². The lowest BCUT2D eigenvalue weighted by Gasteiger charge is -2.31. The van der Waals surface area contributed by atoms with Crippen LogP contribution >= 0.6 is 7.92 Å². The molecule has 0 saturated heterocycles. The van der Waals surface area contributed by atoms with Crippen molar-refractivity contribution in [2.24, 2.45) is 4.99 Å². The average molecular weight is 361 g/mol. The van der Waals surface area contributed by atoms with Crippen LogP contribution in [-0.2, 0) is 0 Å². The maximum Gasteiger partial charge on any atom is 0.0848 e. The third-order valence-corrected chi connectivity index (χ3v) is 6.84. The lowest BCUT2D eigenvalue weighted by Crippen LogP contribution is -2.25. The number of aliphatic imine (C=N–C) groups is 1. The van der Waals surface area contributed by atoms with E-state index >= 15 is 0 Å². The first-order valence-electron chi connectivity index (χ1n) is 9.06. The van der Waals surface area contributed by atoms with Crippen LogP contribution in [0.5, 0.6) is 0 Å². The topological polar surface area (TPSA) is 15.6 Å². The Balaban J connectivity index is 1.95. The van der Waals surface area contributed by atoms with Crippen molar-refractivity contribution < 1.29 is 0 Å². The van der Waals surface area contributed by atoms with Crippen molar-refractivity contribution in [2.75, 3.05) is 14.1 Å². The van der Waals surface area contributed by atoms with Crippen LogP contribution in [0.25, 0.3) is 0 Å². The molecule has 133 valence electrons. The maximum absolute atomic E-state index is 4.83. The highest BCUT2D eigenvalue weighted by Crippen LogP contribution is 2.57. The van der Waals surface area contributed by atoms with Crippen LogP contribution in [0.2, 0.25) is 0 Å². The van der Waals surface area contributed by atoms with E-state index in [1.807, 2.05) is 25.3 Å². The Morgan fingerprint density at radius 2 is 1.50 bits per heavy atom. The standard InChI is InChI=1S/C23H26N2P/c1-4-22(24-18-25(2)3)21-16-11-17-23(21)26(19-12-7-5-8-13-19)20-14-9-6-10-15-20/h5-18,22H,4H2,1-3H3/t22-/m1/s1. The summed E-state index contributed by atoms with van der Waals surface area (Å²) >= 11 is 0. The molecule has 1 aliphatic rings. The molecule has 1 aliphatic carbocycles. The minimum atomic E-state index is -0.581. The Kier molecular flexibility index (Phi) is 6.86. The Hall–Kier alpha value is -1.66. The molecular weight excluding hydrogens is 335 g/mol. The normalized spacial score (nSPS) is 17.2. The van der Waals surface area contributed by atoms with Gasteiger partial charge in [0.05, 0.1) is 12.4 Å². The van der Waals surface area contributed by atoms with Gasteiger partial charge in [-0.1, -0.05) is 67.6 Å². The summed E-state index contributed by atoms with van der Waals surface area (Å²) in [6, 6.07) is 21.9. The molecule has 0 spiro atoms. The van der Waals surface area contributed by atoms with Gasteiger partial charge < -0.3 is 4.90 Å². The van der Waals surface area contributed by atoms with Crippen molar-refractivity contribution in [2.45, 2.75) is 19.4 Å². The Bertz CT molecular complexity index is 644. The molecule has 2 nitrogen and oxygen atoms in total. The lowest BCUT2D eigenvalue weighted by molar-refractivity contribution is 0.618. The molecule has 2 aromatic carbocycles. The van der Waals surface area contributed by atoms with Crippen molar-refractivity contribution in [1.82, 2.24) is 4.90 Å². The second-order valence-electron chi connectivity index (χ2n) is 6.53. The van der Waals surface area contributed by atoms with Crippen LogP contribution in [0, 0.1) is 30.8 Å². The average Bonchev–Trinajstić information content (AvgIpc) is 3.13. The third kappa shape index (κ3) is 4.54. The summed E-state index contributed by atoms with van der Waals surface area (Å²) in [5, 5.41) is 2.76. The molecule has 1 fully saturated rings. The summed E-state index contributed by atoms with van der Waals surface area (Å²) in [6.45, 7) is 2.21. The van der Waals surface area contributed by atoms with Gasteiger partial charge in [0, 0.05) is 25.7 Å². The van der Waals surface area contributed by atoms with Crippen LogP contribution < -0.4 is 10.6 Å². The molecule has 2 aromatic rings. The molecule has 0 aromatic heterocycles. The Morgan fingerprint density at radius 1 is 0.923 bits per heavy atom. The summed E-state index contributed by atoms with van der Waals surface area (Å²) < 4.78 is 0. The van der Waals surface area contributed by atoms with Crippen molar-refractivity contribution in [3.63, 3.8) is 0 Å². The van der Waals surface area contributed by atoms with E-state index in [4.69, 9.17) is 4.99 Å². The highest BCUT2D eigenvalue weighted by atomic mass is 31.1. The number of hydrogen-bond acceptors (Lipinski definition) is 1. The largest absolute Gasteiger partial charge is 0.369 e. The smallest absolute Gasteiger partial charge is 0.0848 e. The second-order valence-corrected chi connectivity index (χ2v) is 8.71. The zero-order valence-corrected chi connectivity index (χ0v) is 16.6. The summed E-state index contributed by atoms with van der Waals surface area (Å²) in [4.78, 5) is 6.83. The molecule has 3 rings (SSSR count). The fourth-order valence-electron chi connectivity index (χ4n) is 3.11. The first-order valence-corrected chi connectivity index (χ1v) is 10.4. The number of nitrogens with zero attached hydrogens (tertiary/aromatic N) is 2. The predicted octanol–water partition coefficient (Wildman–Crippen LogP) is 4.22. The van der Waals surface area contributed by atoms with E-state index in [-0.39, 0.29) is 6.04 Å². The zero-order valence-electron chi connectivity index (χ0n) is 15.7. The zero-order chi connectivity index (χ0) is 18.4. The van der Waals surface area contributed by atoms with Gasteiger partial charge in [-0.2, -0.15) is 0 Å². The molecule has 0 unspecified atom stereocenters. The van der Waals surface area contributed by atoms with Gasteiger partial charge in [-0.25, -0.2) is 0 Å². The molecule has 1 saturated carbocycles. The highest BCUT2D eigenvalue weighted by molar-refractivity contribution is 7.76. The first-order chi connectivity index (χ1) is 12.7. The van der Waals surface area contributed by atoms with E-state index < -0.39 is 7.92 Å². The molecule has 1 atom stereocenters. The van der Waals surface area contributed by atoms with Crippen molar-refractivity contribution in [3.8, 4) is 0 Å². The van der Waals surface area contributed by atoms with Gasteiger partial charge in [0.15, 0.2) is 0 Å². The summed E-state index contributed by atoms with van der Waals surface area (Å²) in [6.07, 6.45) is 9.64. The van der Waals surface area contributed by atoms with Gasteiger partial charge in [-0.3, -0.25) is 4.99 Å². The minimum Gasteiger partial charge on any atom is -0.369 e. The van der Waals surface area contributed by atoms with E-state index in [2.05, 4.69) is 86.8 Å². The minimum absolute atomic E-state index is 0.194. The van der Waals surface area contributed by atoms with Crippen LogP contribution in [0.15, 0.2) is 65.7 Å². The number of hydrogen-bond donors (Lipinski definition) is 0. The van der Waals surface area contributed by atoms with Gasteiger partial charge >= 0.3 is 0 Å². The quantitative estimate of drug-likeness (QED) is 0.410. The molecular formula is C23H26N2P. The fourth-order valence-corrected chi connectivity index (χ4v) is 5.62. The van der Waals surface area contributed by atoms with Crippen LogP contribution in [0.3, 0.4) is 0 Å². The molecule has 0 bridgehead atoms. The van der Waals surface area contributed by atoms with Gasteiger partial charge in [0.2, 0.25) is 0 Å². The lowest BCUT2D eigenvalue weighted by atomic mass is 9.96.